The van der Waals surface area contributed by atoms with Crippen LogP contribution < -0.4 is 54.4 Å². The summed E-state index contributed by atoms with van der Waals surface area (Å²) in [5, 5.41) is 58.3. The highest BCUT2D eigenvalue weighted by atomic mass is 16.4. The zero-order chi connectivity index (χ0) is 51.2. The Morgan fingerprint density at radius 2 is 1.09 bits per heavy atom. The number of rotatable bonds is 13. The average Bonchev–Trinajstić information content (AvgIpc) is 3.84. The van der Waals surface area contributed by atoms with Crippen LogP contribution in [0.1, 0.15) is 91.4 Å². The number of fused-ring (bicyclic) bond motifs is 2. The van der Waals surface area contributed by atoms with Crippen LogP contribution in [-0.4, -0.2) is 181 Å². The molecule has 3 fully saturated rings. The molecule has 3 saturated heterocycles. The second-order valence-corrected chi connectivity index (χ2v) is 17.2. The van der Waals surface area contributed by atoms with Crippen LogP contribution >= 0.6 is 0 Å². The van der Waals surface area contributed by atoms with Crippen LogP contribution in [0.25, 0.3) is 0 Å². The molecule has 3 heterocycles. The minimum atomic E-state index is -1.89. The second kappa shape index (κ2) is 25.6. The Morgan fingerprint density at radius 3 is 1.62 bits per heavy atom. The van der Waals surface area contributed by atoms with Crippen molar-refractivity contribution in [3.05, 3.63) is 0 Å². The van der Waals surface area contributed by atoms with Gasteiger partial charge in [0.05, 0.1) is 25.5 Å². The Morgan fingerprint density at radius 1 is 0.603 bits per heavy atom. The van der Waals surface area contributed by atoms with Crippen molar-refractivity contribution in [2.24, 2.45) is 23.1 Å². The normalized spacial score (nSPS) is 29.3. The second-order valence-electron chi connectivity index (χ2n) is 17.2. The highest BCUT2D eigenvalue weighted by Gasteiger charge is 2.47. The van der Waals surface area contributed by atoms with Crippen LogP contribution in [0, 0.1) is 5.92 Å². The average molecular weight is 969 g/mol. The molecule has 28 nitrogen and oxygen atoms in total. The molecule has 0 bridgehead atoms. The van der Waals surface area contributed by atoms with Gasteiger partial charge in [0.1, 0.15) is 60.8 Å². The molecule has 380 valence electrons. The lowest BCUT2D eigenvalue weighted by Crippen LogP contribution is -2.63. The summed E-state index contributed by atoms with van der Waals surface area (Å²) in [6.07, 6.45) is -8.51. The van der Waals surface area contributed by atoms with Crippen molar-refractivity contribution in [3.63, 3.8) is 0 Å². The predicted molar refractivity (Wildman–Crippen MR) is 230 cm³/mol. The third-order valence-electron chi connectivity index (χ3n) is 11.5. The molecule has 0 spiro atoms. The van der Waals surface area contributed by atoms with Gasteiger partial charge in [-0.25, -0.2) is 0 Å². The lowest BCUT2D eigenvalue weighted by atomic mass is 10.0. The van der Waals surface area contributed by atoms with Crippen molar-refractivity contribution in [1.82, 2.24) is 47.0 Å². The van der Waals surface area contributed by atoms with E-state index < -0.39 is 176 Å². The quantitative estimate of drug-likeness (QED) is 0.0763. The van der Waals surface area contributed by atoms with Crippen LogP contribution in [0.3, 0.4) is 0 Å². The Kier molecular flexibility index (Phi) is 21.0. The number of carbonyl (C=O) groups is 12. The van der Waals surface area contributed by atoms with Gasteiger partial charge in [-0.1, -0.05) is 13.8 Å². The maximum Gasteiger partial charge on any atom is 0.303 e. The standard InChI is InChI=1S/C40H64N12O16/c1-17(2)31-38(66)48-22(15-26(43)55)39(67)51-23(8-10-28(51)57)36(64)44-16-27(56)45-21(14-25(42)54)35(63)47-20(7-12-30(59)60)33(61)46-19(6-4-5-13-41)34(62)50-32(18(3)53)40(68)52-24(37(65)49-31)9-11-29(52)58/h17-24,28-29,31-32,53,57-58H,4-16,41H2,1-3H3,(H2,42,54)(H2,43,55)(H,44,64)(H,45,56)(H,46,61)(H,47,63)(H,48,66)(H,49,65)(H,50,62)(H,59,60)/t18-,19+,20+,21+,22+,23+,24+,28?,29?,31+,32+/m1/s1. The number of primary amides is 2. The first kappa shape index (κ1) is 55.8. The van der Waals surface area contributed by atoms with Gasteiger partial charge >= 0.3 is 5.97 Å². The first-order chi connectivity index (χ1) is 31.9. The lowest BCUT2D eigenvalue weighted by molar-refractivity contribution is -0.153. The van der Waals surface area contributed by atoms with Gasteiger partial charge in [-0.3, -0.25) is 57.5 Å². The molecule has 11 amide bonds. The van der Waals surface area contributed by atoms with Crippen LogP contribution in [0.5, 0.6) is 0 Å². The van der Waals surface area contributed by atoms with Crippen molar-refractivity contribution < 1.29 is 78.0 Å². The smallest absolute Gasteiger partial charge is 0.303 e. The molecule has 0 aromatic carbocycles. The van der Waals surface area contributed by atoms with Gasteiger partial charge < -0.3 is 84.6 Å². The third-order valence-corrected chi connectivity index (χ3v) is 11.5. The number of carbonyl (C=O) groups excluding carboxylic acids is 11. The minimum absolute atomic E-state index is 0.148. The maximum absolute atomic E-state index is 14.2. The van der Waals surface area contributed by atoms with E-state index in [1.165, 1.54) is 13.8 Å². The van der Waals surface area contributed by atoms with E-state index in [1.807, 2.05) is 0 Å². The summed E-state index contributed by atoms with van der Waals surface area (Å²) in [5.74, 6) is -14.4. The number of nitrogens with two attached hydrogens (primary N) is 3. The monoisotopic (exact) mass is 968 g/mol. The van der Waals surface area contributed by atoms with Crippen molar-refractivity contribution in [3.8, 4) is 0 Å². The lowest BCUT2D eigenvalue weighted by Gasteiger charge is -2.34. The third kappa shape index (κ3) is 15.5. The number of unbranched alkanes of at least 4 members (excludes halogenated alkanes) is 1. The molecule has 68 heavy (non-hydrogen) atoms. The van der Waals surface area contributed by atoms with Crippen LogP contribution in [0.2, 0.25) is 0 Å². The summed E-state index contributed by atoms with van der Waals surface area (Å²) in [6, 6.07) is -13.4. The Hall–Kier alpha value is -6.52. The van der Waals surface area contributed by atoms with Crippen LogP contribution in [0.15, 0.2) is 0 Å². The van der Waals surface area contributed by atoms with Gasteiger partial charge in [0.2, 0.25) is 59.1 Å². The predicted octanol–water partition coefficient (Wildman–Crippen LogP) is -7.57. The molecule has 3 aliphatic heterocycles. The van der Waals surface area contributed by atoms with E-state index in [1.54, 1.807) is 0 Å². The molecular weight excluding hydrogens is 905 g/mol. The SMILES string of the molecule is CC(C)[C@@H]1NC(=O)[C@@H]2CCC(O)N2C(=O)[C@H]([C@@H](C)O)NC(=O)[C@H](CCCCN)NC(=O)[C@H](CCC(=O)O)NC(=O)[C@H](CC(N)=O)NC(=O)CNC(=O)[C@@H]2CCC(O)N2C(=O)[C@H](CC(N)=O)NC1=O. The van der Waals surface area contributed by atoms with Crippen LogP contribution in [-0.2, 0) is 57.5 Å². The fourth-order valence-corrected chi connectivity index (χ4v) is 7.92. The number of carboxylic acids is 1. The first-order valence-corrected chi connectivity index (χ1v) is 22.1. The first-order valence-electron chi connectivity index (χ1n) is 22.1. The number of nitrogens with zero attached hydrogens (tertiary/aromatic N) is 2. The van der Waals surface area contributed by atoms with E-state index >= 15 is 0 Å². The molecule has 28 heteroatoms. The van der Waals surface area contributed by atoms with E-state index in [-0.39, 0.29) is 45.1 Å². The highest BCUT2D eigenvalue weighted by Crippen LogP contribution is 2.26. The molecule has 17 N–H and O–H groups in total. The molecule has 0 saturated carbocycles. The molecule has 3 aliphatic rings. The van der Waals surface area contributed by atoms with Gasteiger partial charge in [-0.05, 0) is 70.8 Å². The number of hydrogen-bond donors (Lipinski definition) is 14. The Bertz CT molecular complexity index is 1940. The van der Waals surface area contributed by atoms with Crippen molar-refractivity contribution in [1.29, 1.82) is 0 Å². The van der Waals surface area contributed by atoms with Gasteiger partial charge in [0.15, 0.2) is 0 Å². The van der Waals surface area contributed by atoms with E-state index in [4.69, 9.17) is 17.2 Å². The summed E-state index contributed by atoms with van der Waals surface area (Å²) in [5.41, 5.74) is 16.4. The molecule has 0 radical (unpaired) electrons. The number of aliphatic hydroxyl groups is 3. The number of nitrogens with one attached hydrogen (secondary N) is 7. The van der Waals surface area contributed by atoms with Crippen molar-refractivity contribution in [2.75, 3.05) is 13.1 Å². The van der Waals surface area contributed by atoms with Crippen LogP contribution in [0.4, 0.5) is 0 Å². The largest absolute Gasteiger partial charge is 0.481 e. The zero-order valence-corrected chi connectivity index (χ0v) is 37.9. The van der Waals surface area contributed by atoms with Crippen molar-refractivity contribution >= 4 is 70.9 Å². The summed E-state index contributed by atoms with van der Waals surface area (Å²) < 4.78 is 0. The summed E-state index contributed by atoms with van der Waals surface area (Å²) in [6.45, 7) is 3.35. The van der Waals surface area contributed by atoms with E-state index in [0.717, 1.165) is 6.92 Å². The summed E-state index contributed by atoms with van der Waals surface area (Å²) >= 11 is 0. The number of hydrogen-bond acceptors (Lipinski definition) is 16. The fraction of sp³-hybridized carbons (Fsp3) is 0.700. The number of amides is 11. The topological polar surface area (TPSA) is 455 Å². The molecular formula is C40H64N12O16. The minimum Gasteiger partial charge on any atom is -0.481 e. The van der Waals surface area contributed by atoms with Crippen molar-refractivity contribution in [2.45, 2.75) is 158 Å². The molecule has 2 unspecified atom stereocenters. The highest BCUT2D eigenvalue weighted by molar-refractivity contribution is 6.00. The molecule has 0 aliphatic carbocycles. The number of carboxylic acid groups (broad SMARTS) is 1. The molecule has 0 aromatic heterocycles. The summed E-state index contributed by atoms with van der Waals surface area (Å²) in [4.78, 5) is 161. The van der Waals surface area contributed by atoms with E-state index in [2.05, 4.69) is 37.2 Å². The molecule has 11 atom stereocenters. The maximum atomic E-state index is 14.2. The summed E-state index contributed by atoms with van der Waals surface area (Å²) in [7, 11) is 0. The number of aliphatic hydroxyl groups excluding tert-OH is 3. The molecule has 3 rings (SSSR count). The van der Waals surface area contributed by atoms with E-state index in [0.29, 0.717) is 16.2 Å². The van der Waals surface area contributed by atoms with Gasteiger partial charge in [-0.15, -0.1) is 0 Å². The van der Waals surface area contributed by atoms with Gasteiger partial charge in [-0.2, -0.15) is 0 Å². The number of aliphatic carboxylic acids is 1. The Labute approximate surface area is 389 Å². The fourth-order valence-electron chi connectivity index (χ4n) is 7.92. The zero-order valence-electron chi connectivity index (χ0n) is 37.9. The Balaban J connectivity index is 2.15. The van der Waals surface area contributed by atoms with Gasteiger partial charge in [0, 0.05) is 6.42 Å². The van der Waals surface area contributed by atoms with E-state index in [9.17, 15) is 78.0 Å². The molecule has 0 aromatic rings. The van der Waals surface area contributed by atoms with Gasteiger partial charge in [0.25, 0.3) is 5.91 Å².